The number of hydrogen-bond acceptors (Lipinski definition) is 4. The Morgan fingerprint density at radius 3 is 2.21 bits per heavy atom. The third kappa shape index (κ3) is 8.06. The second-order valence-electron chi connectivity index (χ2n) is 5.78. The Balaban J connectivity index is 0.000000555. The molecule has 0 saturated heterocycles. The SMILES string of the molecule is CC(O)CO.CC1CCC(C(C)C)C(OC(=O)O)C1. The number of rotatable bonds is 3. The summed E-state index contributed by atoms with van der Waals surface area (Å²) in [4.78, 5) is 10.5. The molecule has 5 heteroatoms. The molecule has 0 aromatic heterocycles. The van der Waals surface area contributed by atoms with E-state index in [9.17, 15) is 4.79 Å². The van der Waals surface area contributed by atoms with Crippen molar-refractivity contribution in [2.75, 3.05) is 6.61 Å². The molecule has 1 aliphatic carbocycles. The standard InChI is InChI=1S/C11H20O3.C3H8O2/c1-7(2)9-5-4-8(3)6-10(9)14-11(12)13;1-3(5)2-4/h7-10H,4-6H2,1-3H3,(H,12,13);3-5H,2H2,1H3. The van der Waals surface area contributed by atoms with Crippen molar-refractivity contribution >= 4 is 6.16 Å². The van der Waals surface area contributed by atoms with Gasteiger partial charge in [0, 0.05) is 0 Å². The monoisotopic (exact) mass is 276 g/mol. The Morgan fingerprint density at radius 2 is 1.84 bits per heavy atom. The fourth-order valence-corrected chi connectivity index (χ4v) is 2.38. The fourth-order valence-electron chi connectivity index (χ4n) is 2.38. The first-order valence-corrected chi connectivity index (χ1v) is 6.96. The first-order chi connectivity index (χ1) is 8.77. The van der Waals surface area contributed by atoms with E-state index >= 15 is 0 Å². The van der Waals surface area contributed by atoms with Gasteiger partial charge in [-0.1, -0.05) is 27.2 Å². The number of ether oxygens (including phenoxy) is 1. The lowest BCUT2D eigenvalue weighted by Crippen LogP contribution is -2.35. The molecule has 0 aromatic rings. The van der Waals surface area contributed by atoms with Crippen LogP contribution in [0.5, 0.6) is 0 Å². The van der Waals surface area contributed by atoms with Crippen LogP contribution < -0.4 is 0 Å². The lowest BCUT2D eigenvalue weighted by atomic mass is 9.75. The lowest BCUT2D eigenvalue weighted by Gasteiger charge is -2.35. The van der Waals surface area contributed by atoms with Crippen LogP contribution in [0.25, 0.3) is 0 Å². The van der Waals surface area contributed by atoms with Crippen molar-refractivity contribution in [2.24, 2.45) is 17.8 Å². The minimum atomic E-state index is -1.13. The van der Waals surface area contributed by atoms with Crippen LogP contribution >= 0.6 is 0 Å². The minimum Gasteiger partial charge on any atom is -0.450 e. The summed E-state index contributed by atoms with van der Waals surface area (Å²) in [6.45, 7) is 7.83. The molecular formula is C14H28O5. The van der Waals surface area contributed by atoms with E-state index in [-0.39, 0.29) is 12.7 Å². The molecular weight excluding hydrogens is 248 g/mol. The second-order valence-corrected chi connectivity index (χ2v) is 5.78. The number of aliphatic hydroxyl groups is 2. The van der Waals surface area contributed by atoms with Gasteiger partial charge in [-0.15, -0.1) is 0 Å². The summed E-state index contributed by atoms with van der Waals surface area (Å²) in [5.41, 5.74) is 0. The summed E-state index contributed by atoms with van der Waals surface area (Å²) in [6, 6.07) is 0. The van der Waals surface area contributed by atoms with Gasteiger partial charge in [0.2, 0.25) is 0 Å². The van der Waals surface area contributed by atoms with Crippen LogP contribution in [0.4, 0.5) is 4.79 Å². The Labute approximate surface area is 115 Å². The highest BCUT2D eigenvalue weighted by Crippen LogP contribution is 2.35. The Bertz CT molecular complexity index is 252. The molecule has 114 valence electrons. The topological polar surface area (TPSA) is 87.0 Å². The molecule has 0 spiro atoms. The molecule has 5 nitrogen and oxygen atoms in total. The highest BCUT2D eigenvalue weighted by atomic mass is 16.7. The van der Waals surface area contributed by atoms with Crippen molar-refractivity contribution in [1.29, 1.82) is 0 Å². The van der Waals surface area contributed by atoms with Crippen molar-refractivity contribution in [3.05, 3.63) is 0 Å². The van der Waals surface area contributed by atoms with Gasteiger partial charge in [0.25, 0.3) is 0 Å². The van der Waals surface area contributed by atoms with E-state index in [0.29, 0.717) is 17.8 Å². The third-order valence-corrected chi connectivity index (χ3v) is 3.48. The Kier molecular flexibility index (Phi) is 8.76. The molecule has 4 unspecified atom stereocenters. The normalized spacial score (nSPS) is 28.3. The van der Waals surface area contributed by atoms with Crippen molar-refractivity contribution in [2.45, 2.75) is 59.2 Å². The highest BCUT2D eigenvalue weighted by Gasteiger charge is 2.33. The van der Waals surface area contributed by atoms with E-state index in [2.05, 4.69) is 20.8 Å². The van der Waals surface area contributed by atoms with Gasteiger partial charge in [-0.2, -0.15) is 0 Å². The van der Waals surface area contributed by atoms with Crippen LogP contribution in [0.15, 0.2) is 0 Å². The van der Waals surface area contributed by atoms with Gasteiger partial charge in [0.15, 0.2) is 0 Å². The van der Waals surface area contributed by atoms with Gasteiger partial charge < -0.3 is 20.1 Å². The largest absolute Gasteiger partial charge is 0.506 e. The van der Waals surface area contributed by atoms with Crippen LogP contribution in [0, 0.1) is 17.8 Å². The zero-order chi connectivity index (χ0) is 15.0. The molecule has 0 aromatic carbocycles. The molecule has 4 atom stereocenters. The quantitative estimate of drug-likeness (QED) is 0.689. The van der Waals surface area contributed by atoms with E-state index in [1.54, 1.807) is 0 Å². The van der Waals surface area contributed by atoms with Crippen LogP contribution in [0.2, 0.25) is 0 Å². The molecule has 0 amide bonds. The first-order valence-electron chi connectivity index (χ1n) is 6.96. The van der Waals surface area contributed by atoms with Gasteiger partial charge in [-0.05, 0) is 37.5 Å². The number of carboxylic acid groups (broad SMARTS) is 1. The number of hydrogen-bond donors (Lipinski definition) is 3. The fraction of sp³-hybridized carbons (Fsp3) is 0.929. The maximum absolute atomic E-state index is 10.5. The molecule has 3 N–H and O–H groups in total. The first kappa shape index (κ1) is 18.2. The molecule has 1 saturated carbocycles. The zero-order valence-electron chi connectivity index (χ0n) is 12.4. The Morgan fingerprint density at radius 1 is 1.32 bits per heavy atom. The number of aliphatic hydroxyl groups excluding tert-OH is 2. The van der Waals surface area contributed by atoms with Gasteiger partial charge in [0.1, 0.15) is 6.10 Å². The second kappa shape index (κ2) is 9.15. The molecule has 0 bridgehead atoms. The van der Waals surface area contributed by atoms with Gasteiger partial charge in [0.05, 0.1) is 12.7 Å². The van der Waals surface area contributed by atoms with Crippen LogP contribution in [-0.4, -0.2) is 40.3 Å². The van der Waals surface area contributed by atoms with Crippen molar-refractivity contribution in [3.63, 3.8) is 0 Å². The molecule has 1 rings (SSSR count). The molecule has 0 aliphatic heterocycles. The van der Waals surface area contributed by atoms with E-state index in [4.69, 9.17) is 20.1 Å². The van der Waals surface area contributed by atoms with E-state index in [0.717, 1.165) is 12.8 Å². The smallest absolute Gasteiger partial charge is 0.450 e. The summed E-state index contributed by atoms with van der Waals surface area (Å²) in [6.07, 6.45) is 1.40. The van der Waals surface area contributed by atoms with Gasteiger partial charge in [-0.25, -0.2) is 4.79 Å². The van der Waals surface area contributed by atoms with Gasteiger partial charge in [-0.3, -0.25) is 0 Å². The maximum atomic E-state index is 10.5. The van der Waals surface area contributed by atoms with E-state index in [1.165, 1.54) is 13.3 Å². The lowest BCUT2D eigenvalue weighted by molar-refractivity contribution is -0.0175. The van der Waals surface area contributed by atoms with E-state index in [1.807, 2.05) is 0 Å². The number of carbonyl (C=O) groups is 1. The highest BCUT2D eigenvalue weighted by molar-refractivity contribution is 5.57. The minimum absolute atomic E-state index is 0.0868. The average Bonchev–Trinajstić information content (AvgIpc) is 2.28. The zero-order valence-corrected chi connectivity index (χ0v) is 12.4. The summed E-state index contributed by atoms with van der Waals surface area (Å²) < 4.78 is 4.95. The molecule has 1 fully saturated rings. The molecule has 0 heterocycles. The Hall–Kier alpha value is -0.810. The molecule has 19 heavy (non-hydrogen) atoms. The van der Waals surface area contributed by atoms with E-state index < -0.39 is 12.3 Å². The van der Waals surface area contributed by atoms with Crippen molar-refractivity contribution in [3.8, 4) is 0 Å². The third-order valence-electron chi connectivity index (χ3n) is 3.48. The summed E-state index contributed by atoms with van der Waals surface area (Å²) in [7, 11) is 0. The maximum Gasteiger partial charge on any atom is 0.506 e. The molecule has 1 aliphatic rings. The van der Waals surface area contributed by atoms with Crippen molar-refractivity contribution in [1.82, 2.24) is 0 Å². The van der Waals surface area contributed by atoms with Gasteiger partial charge >= 0.3 is 6.16 Å². The summed E-state index contributed by atoms with van der Waals surface area (Å²) in [5, 5.41) is 24.6. The van der Waals surface area contributed by atoms with Crippen molar-refractivity contribution < 1.29 is 24.9 Å². The van der Waals surface area contributed by atoms with Crippen LogP contribution in [0.3, 0.4) is 0 Å². The average molecular weight is 276 g/mol. The van der Waals surface area contributed by atoms with Crippen LogP contribution in [0.1, 0.15) is 47.0 Å². The predicted octanol–water partition coefficient (Wildman–Crippen LogP) is 2.50. The summed E-state index contributed by atoms with van der Waals surface area (Å²) in [5.74, 6) is 1.50. The predicted molar refractivity (Wildman–Crippen MR) is 73.0 cm³/mol. The summed E-state index contributed by atoms with van der Waals surface area (Å²) >= 11 is 0. The van der Waals surface area contributed by atoms with Crippen LogP contribution in [-0.2, 0) is 4.74 Å². The molecule has 0 radical (unpaired) electrons.